The Hall–Kier alpha value is -4.70. The molecular formula is C32H30N2O7S. The van der Waals surface area contributed by atoms with Crippen molar-refractivity contribution < 1.29 is 28.2 Å². The molecule has 4 aromatic rings. The molecule has 42 heavy (non-hydrogen) atoms. The number of methoxy groups -OCH3 is 2. The largest absolute Gasteiger partial charge is 0.496 e. The highest BCUT2D eigenvalue weighted by molar-refractivity contribution is 7.07. The van der Waals surface area contributed by atoms with E-state index in [1.54, 1.807) is 56.5 Å². The van der Waals surface area contributed by atoms with Crippen molar-refractivity contribution in [3.05, 3.63) is 109 Å². The predicted molar refractivity (Wildman–Crippen MR) is 158 cm³/mol. The zero-order valence-electron chi connectivity index (χ0n) is 23.7. The first kappa shape index (κ1) is 28.8. The minimum Gasteiger partial charge on any atom is -0.496 e. The summed E-state index contributed by atoms with van der Waals surface area (Å²) in [5, 5.41) is 0. The van der Waals surface area contributed by atoms with Crippen LogP contribution >= 0.6 is 11.3 Å². The normalized spacial score (nSPS) is 14.8. The molecule has 10 heteroatoms. The van der Waals surface area contributed by atoms with E-state index in [4.69, 9.17) is 23.6 Å². The summed E-state index contributed by atoms with van der Waals surface area (Å²) >= 11 is 1.22. The summed E-state index contributed by atoms with van der Waals surface area (Å²) in [6.07, 6.45) is 2.95. The second-order valence-corrected chi connectivity index (χ2v) is 10.4. The van der Waals surface area contributed by atoms with Crippen LogP contribution in [0.25, 0.3) is 17.4 Å². The summed E-state index contributed by atoms with van der Waals surface area (Å²) in [6, 6.07) is 17.0. The summed E-state index contributed by atoms with van der Waals surface area (Å²) < 4.78 is 23.9. The van der Waals surface area contributed by atoms with Crippen LogP contribution in [0.4, 0.5) is 0 Å². The van der Waals surface area contributed by atoms with Gasteiger partial charge in [-0.25, -0.2) is 14.6 Å². The van der Waals surface area contributed by atoms with Gasteiger partial charge in [0.1, 0.15) is 23.3 Å². The number of carbonyl (C=O) groups is 2. The number of nitrogens with zero attached hydrogens (tertiary/aromatic N) is 2. The quantitative estimate of drug-likeness (QED) is 0.263. The van der Waals surface area contributed by atoms with Crippen molar-refractivity contribution in [2.45, 2.75) is 32.7 Å². The minimum absolute atomic E-state index is 0.189. The number of aromatic nitrogens is 1. The maximum atomic E-state index is 14.0. The van der Waals surface area contributed by atoms with Crippen molar-refractivity contribution in [3.63, 3.8) is 0 Å². The Bertz CT molecular complexity index is 1860. The fraction of sp³-hybridized carbons (Fsp3) is 0.250. The zero-order valence-corrected chi connectivity index (χ0v) is 24.5. The van der Waals surface area contributed by atoms with Gasteiger partial charge in [0.05, 0.1) is 42.2 Å². The first-order valence-corrected chi connectivity index (χ1v) is 14.3. The zero-order chi connectivity index (χ0) is 29.8. The molecule has 0 fully saturated rings. The molecule has 0 spiro atoms. The number of benzene rings is 2. The third-order valence-corrected chi connectivity index (χ3v) is 7.78. The maximum Gasteiger partial charge on any atom is 0.338 e. The lowest BCUT2D eigenvalue weighted by Gasteiger charge is -2.26. The highest BCUT2D eigenvalue weighted by atomic mass is 32.1. The van der Waals surface area contributed by atoms with Gasteiger partial charge in [0.2, 0.25) is 0 Å². The van der Waals surface area contributed by atoms with Gasteiger partial charge >= 0.3 is 11.9 Å². The molecule has 216 valence electrons. The lowest BCUT2D eigenvalue weighted by atomic mass is 9.93. The average Bonchev–Trinajstić information content (AvgIpc) is 3.60. The lowest BCUT2D eigenvalue weighted by Crippen LogP contribution is -2.40. The second kappa shape index (κ2) is 12.4. The van der Waals surface area contributed by atoms with Crippen molar-refractivity contribution in [1.82, 2.24) is 4.57 Å². The minimum atomic E-state index is -0.784. The van der Waals surface area contributed by atoms with Gasteiger partial charge in [-0.2, -0.15) is 0 Å². The molecular weight excluding hydrogens is 556 g/mol. The van der Waals surface area contributed by atoms with E-state index >= 15 is 0 Å². The van der Waals surface area contributed by atoms with Gasteiger partial charge in [0.15, 0.2) is 4.80 Å². The second-order valence-electron chi connectivity index (χ2n) is 9.43. The third kappa shape index (κ3) is 5.45. The fourth-order valence-corrected chi connectivity index (χ4v) is 5.94. The molecule has 1 atom stereocenters. The molecule has 9 nitrogen and oxygen atoms in total. The van der Waals surface area contributed by atoms with Crippen molar-refractivity contribution in [3.8, 4) is 17.1 Å². The van der Waals surface area contributed by atoms with E-state index in [2.05, 4.69) is 0 Å². The molecule has 0 bridgehead atoms. The first-order chi connectivity index (χ1) is 20.4. The van der Waals surface area contributed by atoms with E-state index in [-0.39, 0.29) is 12.2 Å². The molecule has 1 aliphatic heterocycles. The number of thiazole rings is 1. The van der Waals surface area contributed by atoms with Crippen LogP contribution in [0, 0.1) is 0 Å². The Morgan fingerprint density at radius 3 is 2.60 bits per heavy atom. The smallest absolute Gasteiger partial charge is 0.338 e. The van der Waals surface area contributed by atoms with Crippen molar-refractivity contribution in [1.29, 1.82) is 0 Å². The fourth-order valence-electron chi connectivity index (χ4n) is 4.94. The number of esters is 2. The van der Waals surface area contributed by atoms with Crippen LogP contribution in [0.15, 0.2) is 86.1 Å². The molecule has 3 heterocycles. The molecule has 1 aliphatic rings. The Kier molecular flexibility index (Phi) is 8.53. The molecule has 0 radical (unpaired) electrons. The van der Waals surface area contributed by atoms with E-state index in [0.717, 1.165) is 6.42 Å². The van der Waals surface area contributed by atoms with Crippen LogP contribution in [0.3, 0.4) is 0 Å². The molecule has 0 saturated heterocycles. The summed E-state index contributed by atoms with van der Waals surface area (Å²) in [7, 11) is 2.88. The molecule has 5 rings (SSSR count). The molecule has 2 aromatic heterocycles. The number of furan rings is 1. The average molecular weight is 587 g/mol. The first-order valence-electron chi connectivity index (χ1n) is 13.5. The summed E-state index contributed by atoms with van der Waals surface area (Å²) in [5.74, 6) is 0.563. The Morgan fingerprint density at radius 1 is 1.05 bits per heavy atom. The van der Waals surface area contributed by atoms with Gasteiger partial charge in [0, 0.05) is 17.2 Å². The van der Waals surface area contributed by atoms with Crippen LogP contribution in [-0.4, -0.2) is 37.3 Å². The number of rotatable bonds is 9. The lowest BCUT2D eigenvalue weighted by molar-refractivity contribution is -0.139. The van der Waals surface area contributed by atoms with Crippen LogP contribution < -0.4 is 19.6 Å². The molecule has 2 aromatic carbocycles. The van der Waals surface area contributed by atoms with Gasteiger partial charge in [0.25, 0.3) is 5.56 Å². The van der Waals surface area contributed by atoms with Gasteiger partial charge in [-0.3, -0.25) is 9.36 Å². The number of fused-ring (bicyclic) bond motifs is 1. The Balaban J connectivity index is 1.66. The maximum absolute atomic E-state index is 14.0. The topological polar surface area (TPSA) is 109 Å². The molecule has 0 N–H and O–H groups in total. The number of hydrogen-bond acceptors (Lipinski definition) is 9. The van der Waals surface area contributed by atoms with Gasteiger partial charge in [-0.05, 0) is 43.7 Å². The molecule has 0 saturated carbocycles. The van der Waals surface area contributed by atoms with E-state index in [1.807, 2.05) is 31.2 Å². The van der Waals surface area contributed by atoms with E-state index in [0.29, 0.717) is 61.0 Å². The van der Waals surface area contributed by atoms with Gasteiger partial charge in [-0.1, -0.05) is 55.0 Å². The van der Waals surface area contributed by atoms with Crippen molar-refractivity contribution in [2.24, 2.45) is 4.99 Å². The monoisotopic (exact) mass is 586 g/mol. The van der Waals surface area contributed by atoms with Crippen molar-refractivity contribution >= 4 is 29.4 Å². The Morgan fingerprint density at radius 2 is 1.86 bits per heavy atom. The number of ether oxygens (including phenoxy) is 3. The molecule has 0 aliphatic carbocycles. The van der Waals surface area contributed by atoms with Gasteiger partial charge < -0.3 is 18.6 Å². The van der Waals surface area contributed by atoms with Crippen LogP contribution in [0.1, 0.15) is 54.4 Å². The van der Waals surface area contributed by atoms with Crippen LogP contribution in [0.2, 0.25) is 0 Å². The predicted octanol–water partition coefficient (Wildman–Crippen LogP) is 4.63. The van der Waals surface area contributed by atoms with Crippen molar-refractivity contribution in [2.75, 3.05) is 20.8 Å². The van der Waals surface area contributed by atoms with Gasteiger partial charge in [-0.15, -0.1) is 0 Å². The molecule has 0 amide bonds. The molecule has 1 unspecified atom stereocenters. The summed E-state index contributed by atoms with van der Waals surface area (Å²) in [6.45, 7) is 3.94. The Labute approximate surface area is 246 Å². The SMILES string of the molecule is CCCC1=C(C(=O)OCC)C(c2ccccc2OC)n2c(s/c(=C\c3ccc(-c4cccc(C(=O)OC)c4)o3)c2=O)=N1. The standard InChI is InChI=1S/C32H30N2O7S/c1-5-10-23-27(31(37)40-6-2)28(22-13-7-8-14-25(22)38-3)34-29(35)26(42-32(34)33-23)18-21-15-16-24(41-21)19-11-9-12-20(17-19)30(36)39-4/h7-9,11-18,28H,5-6,10H2,1-4H3/b26-18-. The number of hydrogen-bond donors (Lipinski definition) is 0. The summed E-state index contributed by atoms with van der Waals surface area (Å²) in [5.41, 5.74) is 2.34. The van der Waals surface area contributed by atoms with Crippen LogP contribution in [0.5, 0.6) is 5.75 Å². The third-order valence-electron chi connectivity index (χ3n) is 6.79. The highest BCUT2D eigenvalue weighted by Gasteiger charge is 2.35. The highest BCUT2D eigenvalue weighted by Crippen LogP contribution is 2.36. The van der Waals surface area contributed by atoms with E-state index < -0.39 is 18.0 Å². The van der Waals surface area contributed by atoms with E-state index in [9.17, 15) is 14.4 Å². The number of carbonyl (C=O) groups excluding carboxylic acids is 2. The summed E-state index contributed by atoms with van der Waals surface area (Å²) in [4.78, 5) is 44.6. The number of allylic oxidation sites excluding steroid dienone is 1. The van der Waals surface area contributed by atoms with E-state index in [1.165, 1.54) is 23.0 Å². The van der Waals surface area contributed by atoms with Crippen LogP contribution in [-0.2, 0) is 14.3 Å². The number of para-hydroxylation sites is 1.